The number of hydrogen-bond acceptors (Lipinski definition) is 5. The number of hydrogen-bond donors (Lipinski definition) is 2. The Hall–Kier alpha value is -3.35. The zero-order valence-electron chi connectivity index (χ0n) is 18.2. The molecular weight excluding hydrogens is 394 g/mol. The van der Waals surface area contributed by atoms with Crippen LogP contribution in [-0.4, -0.2) is 37.8 Å². The topological polar surface area (TPSA) is 89.0 Å². The molecule has 0 bridgehead atoms. The first kappa shape index (κ1) is 23.9. The molecule has 7 heteroatoms. The van der Waals surface area contributed by atoms with E-state index in [9.17, 15) is 9.59 Å². The Morgan fingerprint density at radius 2 is 1.42 bits per heavy atom. The predicted molar refractivity (Wildman–Crippen MR) is 122 cm³/mol. The molecule has 31 heavy (non-hydrogen) atoms. The Balaban J connectivity index is 1.70. The van der Waals surface area contributed by atoms with Gasteiger partial charge in [-0.1, -0.05) is 26.7 Å². The van der Waals surface area contributed by atoms with Crippen LogP contribution in [0.3, 0.4) is 0 Å². The first-order valence-corrected chi connectivity index (χ1v) is 10.7. The second-order valence-electron chi connectivity index (χ2n) is 6.97. The summed E-state index contributed by atoms with van der Waals surface area (Å²) in [6, 6.07) is 14.3. The lowest BCUT2D eigenvalue weighted by atomic mass is 10.2. The van der Waals surface area contributed by atoms with E-state index >= 15 is 0 Å². The van der Waals surface area contributed by atoms with Crippen molar-refractivity contribution in [1.29, 1.82) is 0 Å². The van der Waals surface area contributed by atoms with Crippen LogP contribution in [0.2, 0.25) is 0 Å². The molecule has 2 aromatic rings. The van der Waals surface area contributed by atoms with E-state index in [-0.39, 0.29) is 12.5 Å². The van der Waals surface area contributed by atoms with E-state index in [4.69, 9.17) is 9.47 Å². The summed E-state index contributed by atoms with van der Waals surface area (Å²) < 4.78 is 11.2. The van der Waals surface area contributed by atoms with Gasteiger partial charge in [-0.25, -0.2) is 5.43 Å². The summed E-state index contributed by atoms with van der Waals surface area (Å²) in [4.78, 5) is 24.1. The molecule has 0 unspecified atom stereocenters. The Morgan fingerprint density at radius 1 is 0.871 bits per heavy atom. The Bertz CT molecular complexity index is 833. The summed E-state index contributed by atoms with van der Waals surface area (Å²) in [6.07, 6.45) is 5.69. The maximum Gasteiger partial charge on any atom is 0.259 e. The number of amides is 2. The van der Waals surface area contributed by atoms with E-state index in [1.165, 1.54) is 6.21 Å². The van der Waals surface area contributed by atoms with Gasteiger partial charge in [0.1, 0.15) is 11.5 Å². The second kappa shape index (κ2) is 13.8. The minimum atomic E-state index is -0.413. The largest absolute Gasteiger partial charge is 0.494 e. The zero-order chi connectivity index (χ0) is 22.3. The van der Waals surface area contributed by atoms with Crippen LogP contribution in [0.5, 0.6) is 11.5 Å². The second-order valence-corrected chi connectivity index (χ2v) is 6.97. The summed E-state index contributed by atoms with van der Waals surface area (Å²) in [5, 5.41) is 6.48. The molecule has 2 rings (SSSR count). The number of ether oxygens (including phenoxy) is 2. The Labute approximate surface area is 183 Å². The molecule has 2 amide bonds. The molecule has 0 aliphatic carbocycles. The van der Waals surface area contributed by atoms with Gasteiger partial charge in [0.25, 0.3) is 11.8 Å². The number of nitrogens with one attached hydrogen (secondary N) is 2. The summed E-state index contributed by atoms with van der Waals surface area (Å²) in [5.41, 5.74) is 3.68. The molecular formula is C24H31N3O4. The molecule has 166 valence electrons. The number of hydrazone groups is 1. The lowest BCUT2D eigenvalue weighted by Crippen LogP contribution is -2.34. The van der Waals surface area contributed by atoms with Crippen molar-refractivity contribution in [3.8, 4) is 11.5 Å². The van der Waals surface area contributed by atoms with Crippen molar-refractivity contribution in [1.82, 2.24) is 10.7 Å². The summed E-state index contributed by atoms with van der Waals surface area (Å²) in [7, 11) is 0. The summed E-state index contributed by atoms with van der Waals surface area (Å²) >= 11 is 0. The zero-order valence-corrected chi connectivity index (χ0v) is 18.2. The van der Waals surface area contributed by atoms with Crippen LogP contribution in [-0.2, 0) is 4.79 Å². The standard InChI is InChI=1S/C24H31N3O4/c1-3-5-15-30-21-11-7-19(8-12-21)17-26-27-23(28)18-25-24(29)20-9-13-22(14-10-20)31-16-6-4-2/h7-14,17H,3-6,15-16,18H2,1-2H3,(H,25,29)(H,27,28)/b26-17+. The third kappa shape index (κ3) is 9.33. The van der Waals surface area contributed by atoms with Gasteiger partial charge >= 0.3 is 0 Å². The van der Waals surface area contributed by atoms with Crippen LogP contribution in [0.15, 0.2) is 53.6 Å². The van der Waals surface area contributed by atoms with E-state index in [1.54, 1.807) is 24.3 Å². The van der Waals surface area contributed by atoms with Gasteiger partial charge in [0.05, 0.1) is 26.0 Å². The third-order valence-electron chi connectivity index (χ3n) is 4.34. The fourth-order valence-electron chi connectivity index (χ4n) is 2.50. The van der Waals surface area contributed by atoms with Gasteiger partial charge < -0.3 is 14.8 Å². The van der Waals surface area contributed by atoms with E-state index < -0.39 is 5.91 Å². The van der Waals surface area contributed by atoms with Crippen LogP contribution in [0.1, 0.15) is 55.5 Å². The normalized spacial score (nSPS) is 10.6. The van der Waals surface area contributed by atoms with Crippen molar-refractivity contribution in [3.63, 3.8) is 0 Å². The van der Waals surface area contributed by atoms with Crippen LogP contribution in [0, 0.1) is 0 Å². The fraction of sp³-hybridized carbons (Fsp3) is 0.375. The number of unbranched alkanes of at least 4 members (excludes halogenated alkanes) is 2. The van der Waals surface area contributed by atoms with E-state index in [1.807, 2.05) is 24.3 Å². The van der Waals surface area contributed by atoms with Gasteiger partial charge in [-0.2, -0.15) is 5.10 Å². The molecule has 0 radical (unpaired) electrons. The molecule has 0 fully saturated rings. The van der Waals surface area contributed by atoms with E-state index in [0.29, 0.717) is 18.8 Å². The number of nitrogens with zero attached hydrogens (tertiary/aromatic N) is 1. The quantitative estimate of drug-likeness (QED) is 0.289. The molecule has 0 aliphatic heterocycles. The fourth-order valence-corrected chi connectivity index (χ4v) is 2.50. The van der Waals surface area contributed by atoms with Crippen molar-refractivity contribution in [2.24, 2.45) is 5.10 Å². The van der Waals surface area contributed by atoms with Crippen molar-refractivity contribution < 1.29 is 19.1 Å². The average Bonchev–Trinajstić information content (AvgIpc) is 2.79. The molecule has 0 atom stereocenters. The van der Waals surface area contributed by atoms with Crippen molar-refractivity contribution in [3.05, 3.63) is 59.7 Å². The number of rotatable bonds is 13. The number of benzene rings is 2. The van der Waals surface area contributed by atoms with Gasteiger partial charge in [0.15, 0.2) is 0 Å². The molecule has 2 aromatic carbocycles. The van der Waals surface area contributed by atoms with Crippen LogP contribution < -0.4 is 20.2 Å². The number of carbonyl (C=O) groups excluding carboxylic acids is 2. The van der Waals surface area contributed by atoms with Gasteiger partial charge in [-0.15, -0.1) is 0 Å². The highest BCUT2D eigenvalue weighted by Crippen LogP contribution is 2.13. The molecule has 0 spiro atoms. The molecule has 0 heterocycles. The maximum absolute atomic E-state index is 12.2. The van der Waals surface area contributed by atoms with Crippen molar-refractivity contribution in [2.45, 2.75) is 39.5 Å². The lowest BCUT2D eigenvalue weighted by molar-refractivity contribution is -0.120. The van der Waals surface area contributed by atoms with E-state index in [2.05, 4.69) is 29.7 Å². The monoisotopic (exact) mass is 425 g/mol. The SMILES string of the molecule is CCCCOc1ccc(/C=N/NC(=O)CNC(=O)c2ccc(OCCCC)cc2)cc1. The van der Waals surface area contributed by atoms with Crippen LogP contribution in [0.4, 0.5) is 0 Å². The lowest BCUT2D eigenvalue weighted by Gasteiger charge is -2.07. The first-order valence-electron chi connectivity index (χ1n) is 10.7. The highest BCUT2D eigenvalue weighted by molar-refractivity contribution is 5.96. The smallest absolute Gasteiger partial charge is 0.259 e. The summed E-state index contributed by atoms with van der Waals surface area (Å²) in [6.45, 7) is 5.39. The molecule has 7 nitrogen and oxygen atoms in total. The highest BCUT2D eigenvalue weighted by atomic mass is 16.5. The van der Waals surface area contributed by atoms with Gasteiger partial charge in [-0.05, 0) is 66.9 Å². The number of carbonyl (C=O) groups is 2. The molecule has 0 saturated heterocycles. The average molecular weight is 426 g/mol. The minimum absolute atomic E-state index is 0.171. The first-order chi connectivity index (χ1) is 15.1. The minimum Gasteiger partial charge on any atom is -0.494 e. The van der Waals surface area contributed by atoms with Crippen molar-refractivity contribution >= 4 is 18.0 Å². The predicted octanol–water partition coefficient (Wildman–Crippen LogP) is 3.92. The van der Waals surface area contributed by atoms with Crippen LogP contribution in [0.25, 0.3) is 0 Å². The maximum atomic E-state index is 12.2. The third-order valence-corrected chi connectivity index (χ3v) is 4.34. The molecule has 0 aromatic heterocycles. The van der Waals surface area contributed by atoms with E-state index in [0.717, 1.165) is 42.7 Å². The van der Waals surface area contributed by atoms with Gasteiger partial charge in [-0.3, -0.25) is 9.59 Å². The molecule has 0 aliphatic rings. The van der Waals surface area contributed by atoms with Gasteiger partial charge in [0.2, 0.25) is 0 Å². The van der Waals surface area contributed by atoms with Gasteiger partial charge in [0, 0.05) is 5.56 Å². The molecule has 2 N–H and O–H groups in total. The van der Waals surface area contributed by atoms with Crippen molar-refractivity contribution in [2.75, 3.05) is 19.8 Å². The summed E-state index contributed by atoms with van der Waals surface area (Å²) in [5.74, 6) is 0.775. The Morgan fingerprint density at radius 3 is 1.97 bits per heavy atom. The molecule has 0 saturated carbocycles. The van der Waals surface area contributed by atoms with Crippen LogP contribution >= 0.6 is 0 Å². The Kier molecular flexibility index (Phi) is 10.6. The highest BCUT2D eigenvalue weighted by Gasteiger charge is 2.08.